The van der Waals surface area contributed by atoms with Gasteiger partial charge in [-0.25, -0.2) is 12.8 Å². The van der Waals surface area contributed by atoms with Gasteiger partial charge in [-0.1, -0.05) is 6.07 Å². The Morgan fingerprint density at radius 3 is 2.47 bits per heavy atom. The summed E-state index contributed by atoms with van der Waals surface area (Å²) in [7, 11) is -3.27. The number of hydrogen-bond acceptors (Lipinski definition) is 3. The molecule has 0 atom stereocenters. The molecule has 0 bridgehead atoms. The molecule has 0 aromatic heterocycles. The maximum Gasteiger partial charge on any atom is 0.156 e. The molecule has 0 saturated heterocycles. The van der Waals surface area contributed by atoms with Gasteiger partial charge in [-0.2, -0.15) is 0 Å². The van der Waals surface area contributed by atoms with E-state index in [0.29, 0.717) is 0 Å². The van der Waals surface area contributed by atoms with Crippen molar-refractivity contribution in [3.8, 4) is 0 Å². The second-order valence-corrected chi connectivity index (χ2v) is 6.26. The van der Waals surface area contributed by atoms with E-state index in [1.165, 1.54) is 12.1 Å². The number of rotatable bonds is 3. The summed E-state index contributed by atoms with van der Waals surface area (Å²) in [6, 6.07) is 4.03. The van der Waals surface area contributed by atoms with Crippen molar-refractivity contribution >= 4 is 15.5 Å². The first kappa shape index (κ1) is 12.0. The fraction of sp³-hybridized carbons (Fsp3) is 0.400. The zero-order chi connectivity index (χ0) is 11.6. The molecular weight excluding hydrogens is 217 g/mol. The SMILES string of the molecule is CC(C)S(=O)(=O)Cc1ccc(N)cc1F. The van der Waals surface area contributed by atoms with Crippen molar-refractivity contribution in [3.05, 3.63) is 29.6 Å². The van der Waals surface area contributed by atoms with Gasteiger partial charge in [0.2, 0.25) is 0 Å². The topological polar surface area (TPSA) is 60.2 Å². The first-order valence-corrected chi connectivity index (χ1v) is 6.30. The Balaban J connectivity index is 3.01. The Morgan fingerprint density at radius 1 is 1.40 bits per heavy atom. The van der Waals surface area contributed by atoms with Crippen LogP contribution in [-0.2, 0) is 15.6 Å². The lowest BCUT2D eigenvalue weighted by atomic mass is 10.2. The molecule has 0 aliphatic heterocycles. The van der Waals surface area contributed by atoms with Crippen LogP contribution in [-0.4, -0.2) is 13.7 Å². The predicted molar refractivity (Wildman–Crippen MR) is 58.6 cm³/mol. The zero-order valence-electron chi connectivity index (χ0n) is 8.70. The predicted octanol–water partition coefficient (Wildman–Crippen LogP) is 1.73. The van der Waals surface area contributed by atoms with Gasteiger partial charge in [0.1, 0.15) is 5.82 Å². The molecule has 1 rings (SSSR count). The van der Waals surface area contributed by atoms with E-state index in [-0.39, 0.29) is 17.0 Å². The summed E-state index contributed by atoms with van der Waals surface area (Å²) in [6.07, 6.45) is 0. The van der Waals surface area contributed by atoms with Crippen LogP contribution in [0.2, 0.25) is 0 Å². The number of anilines is 1. The maximum atomic E-state index is 13.3. The van der Waals surface area contributed by atoms with Crippen molar-refractivity contribution in [3.63, 3.8) is 0 Å². The van der Waals surface area contributed by atoms with E-state index in [2.05, 4.69) is 0 Å². The van der Waals surface area contributed by atoms with Gasteiger partial charge < -0.3 is 5.73 Å². The molecule has 0 amide bonds. The average Bonchev–Trinajstić information content (AvgIpc) is 2.09. The monoisotopic (exact) mass is 231 g/mol. The van der Waals surface area contributed by atoms with Crippen LogP contribution in [0.4, 0.5) is 10.1 Å². The molecule has 84 valence electrons. The second-order valence-electron chi connectivity index (χ2n) is 3.71. The lowest BCUT2D eigenvalue weighted by Gasteiger charge is -2.08. The minimum atomic E-state index is -3.27. The summed E-state index contributed by atoms with van der Waals surface area (Å²) in [5.41, 5.74) is 5.82. The third-order valence-corrected chi connectivity index (χ3v) is 4.30. The van der Waals surface area contributed by atoms with E-state index in [1.807, 2.05) is 0 Å². The summed E-state index contributed by atoms with van der Waals surface area (Å²) in [4.78, 5) is 0. The summed E-state index contributed by atoms with van der Waals surface area (Å²) >= 11 is 0. The molecule has 1 aromatic carbocycles. The van der Waals surface area contributed by atoms with Crippen LogP contribution >= 0.6 is 0 Å². The summed E-state index contributed by atoms with van der Waals surface area (Å²) in [5.74, 6) is -0.851. The number of benzene rings is 1. The molecule has 2 N–H and O–H groups in total. The quantitative estimate of drug-likeness (QED) is 0.806. The van der Waals surface area contributed by atoms with Crippen LogP contribution in [0.1, 0.15) is 19.4 Å². The molecule has 0 aliphatic rings. The van der Waals surface area contributed by atoms with E-state index in [4.69, 9.17) is 5.73 Å². The Labute approximate surface area is 89.0 Å². The van der Waals surface area contributed by atoms with Crippen LogP contribution < -0.4 is 5.73 Å². The molecule has 0 aliphatic carbocycles. The van der Waals surface area contributed by atoms with Gasteiger partial charge in [0.15, 0.2) is 9.84 Å². The van der Waals surface area contributed by atoms with E-state index in [1.54, 1.807) is 13.8 Å². The van der Waals surface area contributed by atoms with Crippen LogP contribution in [0.3, 0.4) is 0 Å². The van der Waals surface area contributed by atoms with Gasteiger partial charge in [-0.3, -0.25) is 0 Å². The summed E-state index contributed by atoms with van der Waals surface area (Å²) in [5, 5.41) is -0.505. The molecule has 0 heterocycles. The van der Waals surface area contributed by atoms with Crippen molar-refractivity contribution in [1.29, 1.82) is 0 Å². The highest BCUT2D eigenvalue weighted by Crippen LogP contribution is 2.16. The molecule has 15 heavy (non-hydrogen) atoms. The lowest BCUT2D eigenvalue weighted by Crippen LogP contribution is -2.16. The fourth-order valence-corrected chi connectivity index (χ4v) is 2.06. The summed E-state index contributed by atoms with van der Waals surface area (Å²) < 4.78 is 36.4. The van der Waals surface area contributed by atoms with Gasteiger partial charge >= 0.3 is 0 Å². The van der Waals surface area contributed by atoms with Crippen LogP contribution in [0, 0.1) is 5.82 Å². The van der Waals surface area contributed by atoms with Gasteiger partial charge in [-0.05, 0) is 26.0 Å². The van der Waals surface area contributed by atoms with Crippen LogP contribution in [0.5, 0.6) is 0 Å². The maximum absolute atomic E-state index is 13.3. The molecular formula is C10H14FNO2S. The number of nitrogens with two attached hydrogens (primary N) is 1. The van der Waals surface area contributed by atoms with Gasteiger partial charge in [0, 0.05) is 11.3 Å². The molecule has 5 heteroatoms. The highest BCUT2D eigenvalue weighted by molar-refractivity contribution is 7.91. The lowest BCUT2D eigenvalue weighted by molar-refractivity contribution is 0.580. The largest absolute Gasteiger partial charge is 0.399 e. The number of halogens is 1. The van der Waals surface area contributed by atoms with Crippen LogP contribution in [0.25, 0.3) is 0 Å². The molecule has 3 nitrogen and oxygen atoms in total. The Kier molecular flexibility index (Phi) is 3.34. The average molecular weight is 231 g/mol. The highest BCUT2D eigenvalue weighted by Gasteiger charge is 2.18. The Bertz CT molecular complexity index is 454. The first-order valence-electron chi connectivity index (χ1n) is 4.58. The van der Waals surface area contributed by atoms with Crippen molar-refractivity contribution in [2.45, 2.75) is 24.9 Å². The molecule has 0 radical (unpaired) electrons. The second kappa shape index (κ2) is 4.18. The van der Waals surface area contributed by atoms with E-state index < -0.39 is 20.9 Å². The highest BCUT2D eigenvalue weighted by atomic mass is 32.2. The molecule has 0 unspecified atom stereocenters. The van der Waals surface area contributed by atoms with Gasteiger partial charge in [0.25, 0.3) is 0 Å². The van der Waals surface area contributed by atoms with Gasteiger partial charge in [0.05, 0.1) is 11.0 Å². The van der Waals surface area contributed by atoms with Crippen molar-refractivity contribution in [2.75, 3.05) is 5.73 Å². The van der Waals surface area contributed by atoms with Crippen molar-refractivity contribution < 1.29 is 12.8 Å². The third kappa shape index (κ3) is 2.92. The standard InChI is InChI=1S/C10H14FNO2S/c1-7(2)15(13,14)6-8-3-4-9(12)5-10(8)11/h3-5,7H,6,12H2,1-2H3. The minimum absolute atomic E-state index is 0.165. The molecule has 1 aromatic rings. The third-order valence-electron chi connectivity index (χ3n) is 2.15. The van der Waals surface area contributed by atoms with Crippen molar-refractivity contribution in [2.24, 2.45) is 0 Å². The Hall–Kier alpha value is -1.10. The number of sulfone groups is 1. The van der Waals surface area contributed by atoms with Crippen molar-refractivity contribution in [1.82, 2.24) is 0 Å². The number of nitrogen functional groups attached to an aromatic ring is 1. The zero-order valence-corrected chi connectivity index (χ0v) is 9.51. The van der Waals surface area contributed by atoms with E-state index >= 15 is 0 Å². The first-order chi connectivity index (χ1) is 6.83. The molecule has 0 saturated carbocycles. The Morgan fingerprint density at radius 2 is 2.00 bits per heavy atom. The van der Waals surface area contributed by atoms with Gasteiger partial charge in [-0.15, -0.1) is 0 Å². The van der Waals surface area contributed by atoms with Crippen LogP contribution in [0.15, 0.2) is 18.2 Å². The summed E-state index contributed by atoms with van der Waals surface area (Å²) in [6.45, 7) is 3.15. The minimum Gasteiger partial charge on any atom is -0.399 e. The molecule has 0 spiro atoms. The smallest absolute Gasteiger partial charge is 0.156 e. The normalized spacial score (nSPS) is 12.0. The number of hydrogen-bond donors (Lipinski definition) is 1. The van der Waals surface area contributed by atoms with E-state index in [9.17, 15) is 12.8 Å². The fourth-order valence-electron chi connectivity index (χ4n) is 1.06. The molecule has 0 fully saturated rings. The van der Waals surface area contributed by atoms with E-state index in [0.717, 1.165) is 6.07 Å².